The van der Waals surface area contributed by atoms with Gasteiger partial charge in [0.1, 0.15) is 5.75 Å². The van der Waals surface area contributed by atoms with Gasteiger partial charge in [0.15, 0.2) is 0 Å². The van der Waals surface area contributed by atoms with E-state index in [-0.39, 0.29) is 6.04 Å². The van der Waals surface area contributed by atoms with Gasteiger partial charge in [0.05, 0.1) is 16.9 Å². The average molecular weight is 347 g/mol. The number of hydrogen-bond acceptors (Lipinski definition) is 3. The highest BCUT2D eigenvalue weighted by Gasteiger charge is 2.18. The number of methoxy groups -OCH3 is 1. The van der Waals surface area contributed by atoms with Crippen LogP contribution in [0.2, 0.25) is 5.02 Å². The quantitative estimate of drug-likeness (QED) is 0.881. The minimum absolute atomic E-state index is 0.0787. The fourth-order valence-electron chi connectivity index (χ4n) is 1.87. The van der Waals surface area contributed by atoms with Crippen molar-refractivity contribution in [1.82, 2.24) is 5.32 Å². The molecule has 0 fully saturated rings. The van der Waals surface area contributed by atoms with Gasteiger partial charge < -0.3 is 10.1 Å². The van der Waals surface area contributed by atoms with E-state index in [2.05, 4.69) is 27.3 Å². The van der Waals surface area contributed by atoms with Crippen LogP contribution in [-0.2, 0) is 0 Å². The lowest BCUT2D eigenvalue weighted by molar-refractivity contribution is 0.405. The van der Waals surface area contributed by atoms with E-state index in [0.29, 0.717) is 5.02 Å². The summed E-state index contributed by atoms with van der Waals surface area (Å²) in [6.45, 7) is 0. The molecule has 0 spiro atoms. The highest BCUT2D eigenvalue weighted by atomic mass is 79.9. The van der Waals surface area contributed by atoms with Crippen molar-refractivity contribution >= 4 is 38.9 Å². The minimum Gasteiger partial charge on any atom is -0.496 e. The van der Waals surface area contributed by atoms with Crippen molar-refractivity contribution in [2.45, 2.75) is 6.04 Å². The highest BCUT2D eigenvalue weighted by Crippen LogP contribution is 2.36. The Kier molecular flexibility index (Phi) is 4.67. The Labute approximate surface area is 124 Å². The van der Waals surface area contributed by atoms with Crippen molar-refractivity contribution in [3.05, 3.63) is 49.6 Å². The van der Waals surface area contributed by atoms with Gasteiger partial charge in [-0.15, -0.1) is 11.3 Å². The zero-order chi connectivity index (χ0) is 13.1. The summed E-state index contributed by atoms with van der Waals surface area (Å²) in [7, 11) is 3.60. The Balaban J connectivity index is 2.47. The van der Waals surface area contributed by atoms with Crippen molar-refractivity contribution < 1.29 is 4.74 Å². The van der Waals surface area contributed by atoms with Gasteiger partial charge in [0.25, 0.3) is 0 Å². The SMILES string of the molecule is CNC(c1ccc(Br)s1)c1cc(Cl)ccc1OC. The summed E-state index contributed by atoms with van der Waals surface area (Å²) < 4.78 is 6.52. The molecule has 0 radical (unpaired) electrons. The summed E-state index contributed by atoms with van der Waals surface area (Å²) in [6, 6.07) is 9.88. The average Bonchev–Trinajstić information content (AvgIpc) is 2.77. The largest absolute Gasteiger partial charge is 0.496 e. The van der Waals surface area contributed by atoms with Gasteiger partial charge >= 0.3 is 0 Å². The third kappa shape index (κ3) is 2.88. The summed E-state index contributed by atoms with van der Waals surface area (Å²) in [5, 5.41) is 4.01. The third-order valence-corrected chi connectivity index (χ3v) is 4.59. The predicted molar refractivity (Wildman–Crippen MR) is 80.9 cm³/mol. The van der Waals surface area contributed by atoms with Crippen LogP contribution in [0.1, 0.15) is 16.5 Å². The number of nitrogens with one attached hydrogen (secondary N) is 1. The predicted octanol–water partition coefficient (Wildman–Crippen LogP) is 4.48. The lowest BCUT2D eigenvalue weighted by atomic mass is 10.0. The molecule has 0 aliphatic rings. The van der Waals surface area contributed by atoms with Crippen molar-refractivity contribution in [3.8, 4) is 5.75 Å². The zero-order valence-electron chi connectivity index (χ0n) is 10.0. The maximum atomic E-state index is 6.08. The number of ether oxygens (including phenoxy) is 1. The van der Waals surface area contributed by atoms with Gasteiger partial charge in [0, 0.05) is 15.5 Å². The van der Waals surface area contributed by atoms with Crippen LogP contribution in [0, 0.1) is 0 Å². The second-order valence-corrected chi connectivity index (χ2v) is 6.68. The number of benzene rings is 1. The number of halogens is 2. The van der Waals surface area contributed by atoms with Crippen molar-refractivity contribution in [2.24, 2.45) is 0 Å². The van der Waals surface area contributed by atoms with Crippen molar-refractivity contribution in [1.29, 1.82) is 0 Å². The van der Waals surface area contributed by atoms with Crippen LogP contribution >= 0.6 is 38.9 Å². The number of hydrogen-bond donors (Lipinski definition) is 1. The monoisotopic (exact) mass is 345 g/mol. The Bertz CT molecular complexity index is 544. The molecule has 1 N–H and O–H groups in total. The maximum absolute atomic E-state index is 6.08. The van der Waals surface area contributed by atoms with E-state index in [1.165, 1.54) is 4.88 Å². The van der Waals surface area contributed by atoms with Crippen LogP contribution < -0.4 is 10.1 Å². The van der Waals surface area contributed by atoms with E-state index in [1.807, 2.05) is 31.3 Å². The summed E-state index contributed by atoms with van der Waals surface area (Å²) in [5.74, 6) is 0.836. The van der Waals surface area contributed by atoms with Crippen molar-refractivity contribution in [2.75, 3.05) is 14.2 Å². The molecule has 5 heteroatoms. The highest BCUT2D eigenvalue weighted by molar-refractivity contribution is 9.11. The second-order valence-electron chi connectivity index (χ2n) is 3.75. The lowest BCUT2D eigenvalue weighted by Crippen LogP contribution is -2.17. The van der Waals surface area contributed by atoms with Gasteiger partial charge in [0.2, 0.25) is 0 Å². The minimum atomic E-state index is 0.0787. The molecule has 1 unspecified atom stereocenters. The summed E-state index contributed by atoms with van der Waals surface area (Å²) in [4.78, 5) is 1.21. The van der Waals surface area contributed by atoms with E-state index in [9.17, 15) is 0 Å². The van der Waals surface area contributed by atoms with Crippen molar-refractivity contribution in [3.63, 3.8) is 0 Å². The first-order valence-electron chi connectivity index (χ1n) is 5.41. The molecule has 1 aromatic carbocycles. The van der Waals surface area contributed by atoms with Crippen LogP contribution in [0.4, 0.5) is 0 Å². The van der Waals surface area contributed by atoms with E-state index < -0.39 is 0 Å². The standard InChI is InChI=1S/C13H13BrClNOS/c1-16-13(11-5-6-12(14)18-11)9-7-8(15)3-4-10(9)17-2/h3-7,13,16H,1-2H3. The van der Waals surface area contributed by atoms with Gasteiger partial charge in [-0.05, 0) is 53.3 Å². The van der Waals surface area contributed by atoms with Crippen LogP contribution in [0.3, 0.4) is 0 Å². The molecule has 0 amide bonds. The van der Waals surface area contributed by atoms with Gasteiger partial charge in [-0.3, -0.25) is 0 Å². The normalized spacial score (nSPS) is 12.4. The summed E-state index contributed by atoms with van der Waals surface area (Å²) in [5.41, 5.74) is 1.04. The fraction of sp³-hybridized carbons (Fsp3) is 0.231. The molecule has 1 atom stereocenters. The van der Waals surface area contributed by atoms with Crippen LogP contribution in [0.15, 0.2) is 34.1 Å². The smallest absolute Gasteiger partial charge is 0.124 e. The topological polar surface area (TPSA) is 21.3 Å². The Hall–Kier alpha value is -0.550. The molecule has 2 rings (SSSR count). The molecule has 1 heterocycles. The first-order valence-corrected chi connectivity index (χ1v) is 7.40. The third-order valence-electron chi connectivity index (χ3n) is 2.67. The zero-order valence-corrected chi connectivity index (χ0v) is 13.2. The Morgan fingerprint density at radius 1 is 1.33 bits per heavy atom. The molecule has 0 aliphatic heterocycles. The molecular formula is C13H13BrClNOS. The first-order chi connectivity index (χ1) is 8.65. The fourth-order valence-corrected chi connectivity index (χ4v) is 3.60. The molecule has 0 saturated carbocycles. The molecule has 96 valence electrons. The van der Waals surface area contributed by atoms with Gasteiger partial charge in [-0.25, -0.2) is 0 Å². The first kappa shape index (κ1) is 13.9. The molecule has 0 aliphatic carbocycles. The summed E-state index contributed by atoms with van der Waals surface area (Å²) in [6.07, 6.45) is 0. The maximum Gasteiger partial charge on any atom is 0.124 e. The van der Waals surface area contributed by atoms with E-state index in [1.54, 1.807) is 18.4 Å². The van der Waals surface area contributed by atoms with Gasteiger partial charge in [-0.1, -0.05) is 11.6 Å². The molecule has 0 bridgehead atoms. The van der Waals surface area contributed by atoms with Crippen LogP contribution in [0.25, 0.3) is 0 Å². The summed E-state index contributed by atoms with van der Waals surface area (Å²) >= 11 is 11.3. The van der Waals surface area contributed by atoms with E-state index >= 15 is 0 Å². The molecule has 2 nitrogen and oxygen atoms in total. The lowest BCUT2D eigenvalue weighted by Gasteiger charge is -2.18. The van der Waals surface area contributed by atoms with Crippen LogP contribution in [0.5, 0.6) is 5.75 Å². The van der Waals surface area contributed by atoms with Crippen LogP contribution in [-0.4, -0.2) is 14.2 Å². The second kappa shape index (κ2) is 6.06. The molecule has 1 aromatic heterocycles. The Morgan fingerprint density at radius 2 is 2.11 bits per heavy atom. The van der Waals surface area contributed by atoms with E-state index in [4.69, 9.17) is 16.3 Å². The van der Waals surface area contributed by atoms with E-state index in [0.717, 1.165) is 15.1 Å². The Morgan fingerprint density at radius 3 is 2.67 bits per heavy atom. The number of thiophene rings is 1. The molecule has 2 aromatic rings. The van der Waals surface area contributed by atoms with Gasteiger partial charge in [-0.2, -0.15) is 0 Å². The molecule has 0 saturated heterocycles. The molecule has 18 heavy (non-hydrogen) atoms. The number of rotatable bonds is 4. The molecular weight excluding hydrogens is 334 g/mol.